The van der Waals surface area contributed by atoms with Crippen LogP contribution in [0.3, 0.4) is 0 Å². The van der Waals surface area contributed by atoms with Crippen LogP contribution in [0.5, 0.6) is 5.88 Å². The highest BCUT2D eigenvalue weighted by Gasteiger charge is 2.12. The van der Waals surface area contributed by atoms with Gasteiger partial charge >= 0.3 is 0 Å². The van der Waals surface area contributed by atoms with Crippen molar-refractivity contribution in [2.45, 2.75) is 18.9 Å². The molecule has 19 heavy (non-hydrogen) atoms. The van der Waals surface area contributed by atoms with E-state index < -0.39 is 0 Å². The van der Waals surface area contributed by atoms with E-state index in [2.05, 4.69) is 37.8 Å². The fourth-order valence-corrected chi connectivity index (χ4v) is 3.42. The number of rotatable bonds is 6. The van der Waals surface area contributed by atoms with Crippen LogP contribution in [0.2, 0.25) is 0 Å². The Hall–Kier alpha value is -0.950. The molecule has 6 heteroatoms. The van der Waals surface area contributed by atoms with E-state index in [1.807, 2.05) is 18.3 Å². The van der Waals surface area contributed by atoms with E-state index in [1.165, 1.54) is 4.88 Å². The van der Waals surface area contributed by atoms with Crippen molar-refractivity contribution < 1.29 is 4.74 Å². The van der Waals surface area contributed by atoms with Crippen LogP contribution in [0, 0.1) is 0 Å². The Bertz CT molecular complexity index is 515. The van der Waals surface area contributed by atoms with Crippen molar-refractivity contribution in [3.8, 4) is 5.88 Å². The second-order valence-corrected chi connectivity index (χ2v) is 6.03. The van der Waals surface area contributed by atoms with Gasteiger partial charge in [-0.05, 0) is 45.8 Å². The number of ether oxygens (including phenoxy) is 1. The van der Waals surface area contributed by atoms with Crippen molar-refractivity contribution >= 4 is 27.3 Å². The smallest absolute Gasteiger partial charge is 0.212 e. The van der Waals surface area contributed by atoms with Crippen LogP contribution in [0.25, 0.3) is 0 Å². The molecular formula is C13H16BrN3OS. The first-order chi connectivity index (χ1) is 9.22. The van der Waals surface area contributed by atoms with Crippen molar-refractivity contribution in [2.24, 2.45) is 5.84 Å². The summed E-state index contributed by atoms with van der Waals surface area (Å²) in [5.74, 6) is 6.26. The first kappa shape index (κ1) is 14.5. The lowest BCUT2D eigenvalue weighted by atomic mass is 10.0. The minimum atomic E-state index is 0.185. The second kappa shape index (κ2) is 7.00. The maximum Gasteiger partial charge on any atom is 0.212 e. The van der Waals surface area contributed by atoms with E-state index in [0.717, 1.165) is 22.9 Å². The summed E-state index contributed by atoms with van der Waals surface area (Å²) in [6, 6.07) is 6.12. The zero-order valence-corrected chi connectivity index (χ0v) is 13.0. The van der Waals surface area contributed by atoms with Crippen LogP contribution < -0.4 is 16.0 Å². The van der Waals surface area contributed by atoms with Gasteiger partial charge in [-0.25, -0.2) is 4.98 Å². The number of pyridine rings is 1. The highest BCUT2D eigenvalue weighted by Crippen LogP contribution is 2.24. The molecule has 2 aromatic heterocycles. The monoisotopic (exact) mass is 341 g/mol. The molecule has 0 aromatic carbocycles. The molecule has 0 spiro atoms. The Morgan fingerprint density at radius 3 is 2.79 bits per heavy atom. The molecule has 0 saturated carbocycles. The van der Waals surface area contributed by atoms with Gasteiger partial charge in [-0.3, -0.25) is 11.3 Å². The number of thiophene rings is 1. The quantitative estimate of drug-likeness (QED) is 0.626. The van der Waals surface area contributed by atoms with Gasteiger partial charge in [-0.2, -0.15) is 0 Å². The summed E-state index contributed by atoms with van der Waals surface area (Å²) >= 11 is 5.27. The number of halogens is 1. The number of hydrazine groups is 1. The van der Waals surface area contributed by atoms with Crippen LogP contribution in [0.4, 0.5) is 0 Å². The van der Waals surface area contributed by atoms with Crippen molar-refractivity contribution in [2.75, 3.05) is 7.11 Å². The summed E-state index contributed by atoms with van der Waals surface area (Å²) < 4.78 is 6.19. The van der Waals surface area contributed by atoms with E-state index in [0.29, 0.717) is 5.88 Å². The topological polar surface area (TPSA) is 60.2 Å². The van der Waals surface area contributed by atoms with Crippen molar-refractivity contribution in [3.63, 3.8) is 0 Å². The molecule has 2 rings (SSSR count). The average Bonchev–Trinajstić information content (AvgIpc) is 2.84. The molecule has 0 amide bonds. The largest absolute Gasteiger partial charge is 0.481 e. The number of nitrogens with two attached hydrogens (primary N) is 1. The van der Waals surface area contributed by atoms with E-state index in [-0.39, 0.29) is 6.04 Å². The maximum absolute atomic E-state index is 5.64. The molecule has 4 nitrogen and oxygen atoms in total. The van der Waals surface area contributed by atoms with Gasteiger partial charge < -0.3 is 4.74 Å². The standard InChI is InChI=1S/C13H16BrN3OS/c1-18-13-3-2-9(8-16-13)6-10(17-15)7-12-11(14)4-5-19-12/h2-5,8,10,17H,6-7,15H2,1H3. The lowest BCUT2D eigenvalue weighted by Gasteiger charge is -2.15. The number of methoxy groups -OCH3 is 1. The average molecular weight is 342 g/mol. The van der Waals surface area contributed by atoms with Gasteiger partial charge in [-0.15, -0.1) is 11.3 Å². The number of nitrogens with one attached hydrogen (secondary N) is 1. The lowest BCUT2D eigenvalue weighted by molar-refractivity contribution is 0.397. The summed E-state index contributed by atoms with van der Waals surface area (Å²) in [4.78, 5) is 5.50. The minimum Gasteiger partial charge on any atom is -0.481 e. The summed E-state index contributed by atoms with van der Waals surface area (Å²) in [5.41, 5.74) is 4.01. The van der Waals surface area contributed by atoms with Crippen molar-refractivity contribution in [1.82, 2.24) is 10.4 Å². The molecular weight excluding hydrogens is 326 g/mol. The number of hydrogen-bond donors (Lipinski definition) is 2. The highest BCUT2D eigenvalue weighted by atomic mass is 79.9. The predicted octanol–water partition coefficient (Wildman–Crippen LogP) is 2.53. The molecule has 0 bridgehead atoms. The van der Waals surface area contributed by atoms with Crippen LogP contribution in [-0.4, -0.2) is 18.1 Å². The molecule has 0 aliphatic carbocycles. The Morgan fingerprint density at radius 2 is 2.26 bits per heavy atom. The zero-order chi connectivity index (χ0) is 13.7. The first-order valence-corrected chi connectivity index (χ1v) is 7.57. The van der Waals surface area contributed by atoms with E-state index >= 15 is 0 Å². The first-order valence-electron chi connectivity index (χ1n) is 5.90. The van der Waals surface area contributed by atoms with Gasteiger partial charge in [0.15, 0.2) is 0 Å². The van der Waals surface area contributed by atoms with Gasteiger partial charge in [0.2, 0.25) is 5.88 Å². The lowest BCUT2D eigenvalue weighted by Crippen LogP contribution is -2.38. The molecule has 0 aliphatic heterocycles. The molecule has 102 valence electrons. The third-order valence-corrected chi connectivity index (χ3v) is 4.80. The van der Waals surface area contributed by atoms with Crippen LogP contribution >= 0.6 is 27.3 Å². The Labute approximate surface area is 125 Å². The molecule has 3 N–H and O–H groups in total. The Balaban J connectivity index is 2.00. The molecule has 0 fully saturated rings. The highest BCUT2D eigenvalue weighted by molar-refractivity contribution is 9.10. The number of aromatic nitrogens is 1. The molecule has 2 heterocycles. The van der Waals surface area contributed by atoms with Gasteiger partial charge in [0.05, 0.1) is 7.11 Å². The van der Waals surface area contributed by atoms with Gasteiger partial charge in [-0.1, -0.05) is 6.07 Å². The summed E-state index contributed by atoms with van der Waals surface area (Å²) in [7, 11) is 1.61. The summed E-state index contributed by atoms with van der Waals surface area (Å²) in [5, 5.41) is 2.07. The molecule has 1 unspecified atom stereocenters. The molecule has 2 aromatic rings. The number of hydrogen-bond acceptors (Lipinski definition) is 5. The van der Waals surface area contributed by atoms with Gasteiger partial charge in [0.1, 0.15) is 0 Å². The normalized spacial score (nSPS) is 12.4. The SMILES string of the molecule is COc1ccc(CC(Cc2sccc2Br)NN)cn1. The van der Waals surface area contributed by atoms with E-state index in [4.69, 9.17) is 10.6 Å². The maximum atomic E-state index is 5.64. The van der Waals surface area contributed by atoms with Gasteiger partial charge in [0.25, 0.3) is 0 Å². The fraction of sp³-hybridized carbons (Fsp3) is 0.308. The fourth-order valence-electron chi connectivity index (χ4n) is 1.82. The Kier molecular flexibility index (Phi) is 5.33. The molecule has 0 aliphatic rings. The van der Waals surface area contributed by atoms with Crippen LogP contribution in [0.15, 0.2) is 34.2 Å². The summed E-state index contributed by atoms with van der Waals surface area (Å²) in [6.45, 7) is 0. The van der Waals surface area contributed by atoms with Crippen molar-refractivity contribution in [3.05, 3.63) is 44.7 Å². The second-order valence-electron chi connectivity index (χ2n) is 4.17. The molecule has 0 saturated heterocycles. The van der Waals surface area contributed by atoms with Gasteiger partial charge in [0, 0.05) is 27.7 Å². The van der Waals surface area contributed by atoms with E-state index in [1.54, 1.807) is 18.4 Å². The Morgan fingerprint density at radius 1 is 1.42 bits per heavy atom. The van der Waals surface area contributed by atoms with E-state index in [9.17, 15) is 0 Å². The summed E-state index contributed by atoms with van der Waals surface area (Å²) in [6.07, 6.45) is 3.55. The van der Waals surface area contributed by atoms with Crippen LogP contribution in [0.1, 0.15) is 10.4 Å². The molecule has 1 atom stereocenters. The zero-order valence-electron chi connectivity index (χ0n) is 10.6. The van der Waals surface area contributed by atoms with Crippen LogP contribution in [-0.2, 0) is 12.8 Å². The third kappa shape index (κ3) is 4.01. The van der Waals surface area contributed by atoms with Crippen molar-refractivity contribution in [1.29, 1.82) is 0 Å². The predicted molar refractivity (Wildman–Crippen MR) is 81.3 cm³/mol. The molecule has 0 radical (unpaired) electrons. The third-order valence-electron chi connectivity index (χ3n) is 2.85. The number of nitrogens with zero attached hydrogens (tertiary/aromatic N) is 1. The minimum absolute atomic E-state index is 0.185.